The highest BCUT2D eigenvalue weighted by Crippen LogP contribution is 2.17. The van der Waals surface area contributed by atoms with Crippen molar-refractivity contribution in [3.63, 3.8) is 0 Å². The van der Waals surface area contributed by atoms with Crippen LogP contribution in [-0.4, -0.2) is 64.6 Å². The van der Waals surface area contributed by atoms with Crippen molar-refractivity contribution in [1.82, 2.24) is 25.3 Å². The van der Waals surface area contributed by atoms with Gasteiger partial charge in [0.15, 0.2) is 5.96 Å². The standard InChI is InChI=1S/C23H36N6O/c1-4-24-23(25-12-7-13-28-14-10-21(30)11-15-28)26-17-20-8-5-6-9-22(20)29-19(3)16-18(2)27-29/h5-6,8-9,16,21,30H,4,7,10-15,17H2,1-3H3,(H2,24,25,26). The molecule has 30 heavy (non-hydrogen) atoms. The number of aliphatic hydroxyl groups is 1. The Morgan fingerprint density at radius 1 is 1.20 bits per heavy atom. The molecule has 2 heterocycles. The van der Waals surface area contributed by atoms with E-state index in [4.69, 9.17) is 4.99 Å². The highest BCUT2D eigenvalue weighted by molar-refractivity contribution is 5.79. The summed E-state index contributed by atoms with van der Waals surface area (Å²) in [6, 6.07) is 10.4. The van der Waals surface area contributed by atoms with E-state index in [0.29, 0.717) is 6.54 Å². The molecule has 1 aliphatic rings. The first-order valence-electron chi connectivity index (χ1n) is 11.1. The summed E-state index contributed by atoms with van der Waals surface area (Å²) in [4.78, 5) is 7.24. The van der Waals surface area contributed by atoms with Crippen LogP contribution in [0.1, 0.15) is 43.1 Å². The van der Waals surface area contributed by atoms with Crippen LogP contribution in [0.5, 0.6) is 0 Å². The molecule has 1 fully saturated rings. The number of aryl methyl sites for hydroxylation is 2. The first-order chi connectivity index (χ1) is 14.6. The molecule has 7 heteroatoms. The van der Waals surface area contributed by atoms with Gasteiger partial charge < -0.3 is 20.6 Å². The second kappa shape index (κ2) is 11.1. The number of para-hydroxylation sites is 1. The van der Waals surface area contributed by atoms with Crippen molar-refractivity contribution < 1.29 is 5.11 Å². The third-order valence-electron chi connectivity index (χ3n) is 5.48. The average Bonchev–Trinajstić information content (AvgIpc) is 3.08. The van der Waals surface area contributed by atoms with Gasteiger partial charge in [-0.2, -0.15) is 5.10 Å². The number of aliphatic hydroxyl groups excluding tert-OH is 1. The quantitative estimate of drug-likeness (QED) is 0.353. The number of hydrogen-bond donors (Lipinski definition) is 3. The van der Waals surface area contributed by atoms with Gasteiger partial charge in [0.05, 0.1) is 24.0 Å². The van der Waals surface area contributed by atoms with Crippen molar-refractivity contribution in [2.24, 2.45) is 4.99 Å². The number of hydrogen-bond acceptors (Lipinski definition) is 4. The van der Waals surface area contributed by atoms with E-state index < -0.39 is 0 Å². The fourth-order valence-corrected chi connectivity index (χ4v) is 3.88. The molecule has 0 spiro atoms. The fraction of sp³-hybridized carbons (Fsp3) is 0.565. The molecule has 7 nitrogen and oxygen atoms in total. The number of piperidine rings is 1. The molecule has 0 bridgehead atoms. The molecule has 0 radical (unpaired) electrons. The monoisotopic (exact) mass is 412 g/mol. The molecular formula is C23H36N6O. The Bertz CT molecular complexity index is 823. The molecule has 0 atom stereocenters. The van der Waals surface area contributed by atoms with Crippen molar-refractivity contribution >= 4 is 5.96 Å². The second-order valence-electron chi connectivity index (χ2n) is 8.02. The number of rotatable bonds is 8. The molecule has 164 valence electrons. The van der Waals surface area contributed by atoms with Gasteiger partial charge in [-0.1, -0.05) is 18.2 Å². The summed E-state index contributed by atoms with van der Waals surface area (Å²) in [5.41, 5.74) is 4.37. The normalized spacial score (nSPS) is 16.1. The minimum atomic E-state index is -0.107. The maximum atomic E-state index is 9.62. The van der Waals surface area contributed by atoms with Crippen molar-refractivity contribution in [2.45, 2.75) is 52.7 Å². The summed E-state index contributed by atoms with van der Waals surface area (Å²) >= 11 is 0. The molecular weight excluding hydrogens is 376 g/mol. The molecule has 1 aromatic heterocycles. The SMILES string of the molecule is CCNC(=NCc1ccccc1-n1nc(C)cc1C)NCCCN1CCC(O)CC1. The number of benzene rings is 1. The van der Waals surface area contributed by atoms with E-state index in [9.17, 15) is 5.11 Å². The lowest BCUT2D eigenvalue weighted by Gasteiger charge is -2.29. The Hall–Kier alpha value is -2.38. The number of nitrogens with one attached hydrogen (secondary N) is 2. The maximum absolute atomic E-state index is 9.62. The Morgan fingerprint density at radius 2 is 1.97 bits per heavy atom. The van der Waals surface area contributed by atoms with Gasteiger partial charge in [0.2, 0.25) is 0 Å². The lowest BCUT2D eigenvalue weighted by molar-refractivity contribution is 0.0823. The van der Waals surface area contributed by atoms with Crippen LogP contribution in [0.4, 0.5) is 0 Å². The van der Waals surface area contributed by atoms with Crippen LogP contribution < -0.4 is 10.6 Å². The number of aromatic nitrogens is 2. The highest BCUT2D eigenvalue weighted by atomic mass is 16.3. The van der Waals surface area contributed by atoms with Crippen LogP contribution in [0, 0.1) is 13.8 Å². The predicted octanol–water partition coefficient (Wildman–Crippen LogP) is 2.39. The summed E-state index contributed by atoms with van der Waals surface area (Å²) in [5.74, 6) is 0.842. The number of likely N-dealkylation sites (tertiary alicyclic amines) is 1. The van der Waals surface area contributed by atoms with Gasteiger partial charge in [-0.25, -0.2) is 9.67 Å². The third kappa shape index (κ3) is 6.31. The lowest BCUT2D eigenvalue weighted by Crippen LogP contribution is -2.40. The molecule has 3 N–H and O–H groups in total. The van der Waals surface area contributed by atoms with E-state index in [1.807, 2.05) is 17.7 Å². The molecule has 1 saturated heterocycles. The van der Waals surface area contributed by atoms with Crippen LogP contribution in [-0.2, 0) is 6.54 Å². The molecule has 3 rings (SSSR count). The molecule has 2 aromatic rings. The van der Waals surface area contributed by atoms with E-state index in [1.54, 1.807) is 0 Å². The van der Waals surface area contributed by atoms with Crippen LogP contribution in [0.25, 0.3) is 5.69 Å². The van der Waals surface area contributed by atoms with E-state index in [-0.39, 0.29) is 6.10 Å². The third-order valence-corrected chi connectivity index (χ3v) is 5.48. The zero-order chi connectivity index (χ0) is 21.3. The minimum Gasteiger partial charge on any atom is -0.393 e. The van der Waals surface area contributed by atoms with Gasteiger partial charge in [-0.05, 0) is 64.3 Å². The summed E-state index contributed by atoms with van der Waals surface area (Å²) < 4.78 is 2.00. The topological polar surface area (TPSA) is 77.7 Å². The van der Waals surface area contributed by atoms with Crippen molar-refractivity contribution in [3.8, 4) is 5.69 Å². The molecule has 0 aliphatic carbocycles. The molecule has 1 aliphatic heterocycles. The van der Waals surface area contributed by atoms with Crippen molar-refractivity contribution in [2.75, 3.05) is 32.7 Å². The van der Waals surface area contributed by atoms with Crippen LogP contribution in [0.15, 0.2) is 35.3 Å². The van der Waals surface area contributed by atoms with E-state index in [2.05, 4.69) is 58.7 Å². The van der Waals surface area contributed by atoms with Gasteiger partial charge in [0.1, 0.15) is 0 Å². The van der Waals surface area contributed by atoms with Crippen molar-refractivity contribution in [1.29, 1.82) is 0 Å². The van der Waals surface area contributed by atoms with Gasteiger partial charge in [0, 0.05) is 31.9 Å². The summed E-state index contributed by atoms with van der Waals surface area (Å²) in [6.45, 7) is 11.5. The maximum Gasteiger partial charge on any atom is 0.191 e. The van der Waals surface area contributed by atoms with Crippen molar-refractivity contribution in [3.05, 3.63) is 47.3 Å². The molecule has 0 saturated carbocycles. The number of guanidine groups is 1. The van der Waals surface area contributed by atoms with Crippen LogP contribution in [0.2, 0.25) is 0 Å². The Labute approximate surface area is 180 Å². The minimum absolute atomic E-state index is 0.107. The van der Waals surface area contributed by atoms with Crippen LogP contribution >= 0.6 is 0 Å². The van der Waals surface area contributed by atoms with Gasteiger partial charge >= 0.3 is 0 Å². The molecule has 0 unspecified atom stereocenters. The fourth-order valence-electron chi connectivity index (χ4n) is 3.88. The van der Waals surface area contributed by atoms with Crippen LogP contribution in [0.3, 0.4) is 0 Å². The Kier molecular flexibility index (Phi) is 8.28. The lowest BCUT2D eigenvalue weighted by atomic mass is 10.1. The molecule has 1 aromatic carbocycles. The number of aliphatic imine (C=N–C) groups is 1. The zero-order valence-electron chi connectivity index (χ0n) is 18.6. The first-order valence-corrected chi connectivity index (χ1v) is 11.1. The average molecular weight is 413 g/mol. The van der Waals surface area contributed by atoms with E-state index in [0.717, 1.165) is 80.6 Å². The predicted molar refractivity (Wildman–Crippen MR) is 122 cm³/mol. The van der Waals surface area contributed by atoms with Gasteiger partial charge in [-0.15, -0.1) is 0 Å². The Balaban J connectivity index is 1.56. The van der Waals surface area contributed by atoms with E-state index >= 15 is 0 Å². The largest absolute Gasteiger partial charge is 0.393 e. The van der Waals surface area contributed by atoms with E-state index in [1.165, 1.54) is 0 Å². The first kappa shape index (κ1) is 22.3. The zero-order valence-corrected chi connectivity index (χ0v) is 18.6. The molecule has 0 amide bonds. The summed E-state index contributed by atoms with van der Waals surface area (Å²) in [5, 5.41) is 21.1. The van der Waals surface area contributed by atoms with Gasteiger partial charge in [0.25, 0.3) is 0 Å². The summed E-state index contributed by atoms with van der Waals surface area (Å²) in [7, 11) is 0. The number of nitrogens with zero attached hydrogens (tertiary/aromatic N) is 4. The highest BCUT2D eigenvalue weighted by Gasteiger charge is 2.16. The second-order valence-corrected chi connectivity index (χ2v) is 8.02. The summed E-state index contributed by atoms with van der Waals surface area (Å²) in [6.07, 6.45) is 2.74. The Morgan fingerprint density at radius 3 is 2.67 bits per heavy atom. The smallest absolute Gasteiger partial charge is 0.191 e. The van der Waals surface area contributed by atoms with Gasteiger partial charge in [-0.3, -0.25) is 0 Å².